The maximum atomic E-state index is 11.8. The van der Waals surface area contributed by atoms with Crippen molar-refractivity contribution in [3.63, 3.8) is 0 Å². The van der Waals surface area contributed by atoms with Crippen LogP contribution in [-0.4, -0.2) is 35.0 Å². The molecule has 0 unspecified atom stereocenters. The number of hydrogen-bond donors (Lipinski definition) is 2. The van der Waals surface area contributed by atoms with Crippen molar-refractivity contribution in [3.05, 3.63) is 24.3 Å². The van der Waals surface area contributed by atoms with Crippen molar-refractivity contribution in [1.29, 1.82) is 0 Å². The third-order valence-electron chi connectivity index (χ3n) is 3.45. The molecule has 6 nitrogen and oxygen atoms in total. The molecule has 1 aromatic carbocycles. The highest BCUT2D eigenvalue weighted by atomic mass is 32.2. The molecule has 24 heavy (non-hydrogen) atoms. The summed E-state index contributed by atoms with van der Waals surface area (Å²) in [6, 6.07) is 7.71. The van der Waals surface area contributed by atoms with Crippen LogP contribution in [0.5, 0.6) is 5.75 Å². The number of benzene rings is 1. The first-order valence-corrected chi connectivity index (χ1v) is 9.76. The molecule has 8 heteroatoms. The Balaban J connectivity index is 1.50. The number of nitrogens with zero attached hydrogens (tertiary/aromatic N) is 2. The van der Waals surface area contributed by atoms with Gasteiger partial charge in [-0.15, -0.1) is 10.2 Å². The zero-order valence-corrected chi connectivity index (χ0v) is 15.1. The van der Waals surface area contributed by atoms with Crippen LogP contribution in [0.3, 0.4) is 0 Å². The zero-order chi connectivity index (χ0) is 16.8. The van der Waals surface area contributed by atoms with E-state index in [4.69, 9.17) is 4.74 Å². The van der Waals surface area contributed by atoms with E-state index in [1.165, 1.54) is 35.9 Å². The SMILES string of the molecule is CCOc1ccccc1Nc1nnc(SCC(=O)NCC2CC2)s1. The lowest BCUT2D eigenvalue weighted by molar-refractivity contribution is -0.118. The lowest BCUT2D eigenvalue weighted by atomic mass is 10.3. The molecule has 1 aromatic heterocycles. The Morgan fingerprint density at radius 2 is 2.21 bits per heavy atom. The van der Waals surface area contributed by atoms with Crippen LogP contribution in [0.25, 0.3) is 0 Å². The fourth-order valence-electron chi connectivity index (χ4n) is 2.04. The molecule has 1 amide bonds. The number of aromatic nitrogens is 2. The van der Waals surface area contributed by atoms with Crippen LogP contribution >= 0.6 is 23.1 Å². The van der Waals surface area contributed by atoms with Gasteiger partial charge in [0.25, 0.3) is 0 Å². The molecular weight excluding hydrogens is 344 g/mol. The molecule has 0 bridgehead atoms. The zero-order valence-electron chi connectivity index (χ0n) is 13.4. The molecular formula is C16H20N4O2S2. The molecule has 1 fully saturated rings. The number of hydrogen-bond acceptors (Lipinski definition) is 7. The van der Waals surface area contributed by atoms with E-state index in [0.29, 0.717) is 23.4 Å². The number of thioether (sulfide) groups is 1. The van der Waals surface area contributed by atoms with Crippen molar-refractivity contribution in [2.45, 2.75) is 24.1 Å². The number of amides is 1. The molecule has 1 aliphatic rings. The van der Waals surface area contributed by atoms with Gasteiger partial charge in [0.1, 0.15) is 5.75 Å². The van der Waals surface area contributed by atoms with Crippen LogP contribution < -0.4 is 15.4 Å². The number of anilines is 2. The third kappa shape index (κ3) is 5.10. The van der Waals surface area contributed by atoms with Gasteiger partial charge in [0.05, 0.1) is 18.0 Å². The van der Waals surface area contributed by atoms with Gasteiger partial charge in [-0.05, 0) is 37.8 Å². The highest BCUT2D eigenvalue weighted by molar-refractivity contribution is 8.01. The van der Waals surface area contributed by atoms with Gasteiger partial charge in [-0.2, -0.15) is 0 Å². The molecule has 0 saturated heterocycles. The van der Waals surface area contributed by atoms with Crippen LogP contribution in [0.1, 0.15) is 19.8 Å². The number of carbonyl (C=O) groups is 1. The minimum absolute atomic E-state index is 0.0540. The number of para-hydroxylation sites is 2. The van der Waals surface area contributed by atoms with E-state index < -0.39 is 0 Å². The summed E-state index contributed by atoms with van der Waals surface area (Å²) >= 11 is 2.84. The summed E-state index contributed by atoms with van der Waals surface area (Å²) in [6.45, 7) is 3.35. The summed E-state index contributed by atoms with van der Waals surface area (Å²) in [5, 5.41) is 15.1. The van der Waals surface area contributed by atoms with Gasteiger partial charge in [0.15, 0.2) is 4.34 Å². The average molecular weight is 364 g/mol. The second-order valence-electron chi connectivity index (χ2n) is 5.46. The van der Waals surface area contributed by atoms with Crippen LogP contribution in [0, 0.1) is 5.92 Å². The normalized spacial score (nSPS) is 13.5. The predicted molar refractivity (Wildman–Crippen MR) is 97.3 cm³/mol. The topological polar surface area (TPSA) is 76.1 Å². The number of rotatable bonds is 9. The molecule has 0 aliphatic heterocycles. The largest absolute Gasteiger partial charge is 0.492 e. The van der Waals surface area contributed by atoms with Gasteiger partial charge >= 0.3 is 0 Å². The van der Waals surface area contributed by atoms with Crippen molar-refractivity contribution in [1.82, 2.24) is 15.5 Å². The molecule has 0 spiro atoms. The molecule has 128 valence electrons. The summed E-state index contributed by atoms with van der Waals surface area (Å²) < 4.78 is 6.35. The smallest absolute Gasteiger partial charge is 0.230 e. The minimum atomic E-state index is 0.0540. The Morgan fingerprint density at radius 1 is 1.38 bits per heavy atom. The first-order chi connectivity index (χ1) is 11.7. The summed E-state index contributed by atoms with van der Waals surface area (Å²) in [4.78, 5) is 11.8. The monoisotopic (exact) mass is 364 g/mol. The van der Waals surface area contributed by atoms with Crippen LogP contribution in [0.2, 0.25) is 0 Å². The van der Waals surface area contributed by atoms with E-state index in [1.807, 2.05) is 31.2 Å². The Kier molecular flexibility index (Phi) is 5.92. The van der Waals surface area contributed by atoms with Crippen LogP contribution in [0.4, 0.5) is 10.8 Å². The highest BCUT2D eigenvalue weighted by Crippen LogP contribution is 2.31. The van der Waals surface area contributed by atoms with E-state index >= 15 is 0 Å². The van der Waals surface area contributed by atoms with Gasteiger partial charge in [-0.3, -0.25) is 4.79 Å². The summed E-state index contributed by atoms with van der Waals surface area (Å²) in [7, 11) is 0. The lowest BCUT2D eigenvalue weighted by Gasteiger charge is -2.09. The van der Waals surface area contributed by atoms with Crippen LogP contribution in [-0.2, 0) is 4.79 Å². The first-order valence-electron chi connectivity index (χ1n) is 7.96. The fourth-order valence-corrected chi connectivity index (χ4v) is 3.64. The molecule has 1 aliphatic carbocycles. The molecule has 3 rings (SSSR count). The molecule has 2 N–H and O–H groups in total. The molecule has 0 radical (unpaired) electrons. The minimum Gasteiger partial charge on any atom is -0.492 e. The van der Waals surface area contributed by atoms with Gasteiger partial charge in [0.2, 0.25) is 11.0 Å². The van der Waals surface area contributed by atoms with Crippen molar-refractivity contribution in [2.75, 3.05) is 24.2 Å². The van der Waals surface area contributed by atoms with E-state index in [2.05, 4.69) is 20.8 Å². The van der Waals surface area contributed by atoms with Gasteiger partial charge in [-0.25, -0.2) is 0 Å². The summed E-state index contributed by atoms with van der Waals surface area (Å²) in [6.07, 6.45) is 2.48. The van der Waals surface area contributed by atoms with Crippen molar-refractivity contribution >= 4 is 39.8 Å². The third-order valence-corrected chi connectivity index (χ3v) is 5.42. The maximum Gasteiger partial charge on any atom is 0.230 e. The van der Waals surface area contributed by atoms with Gasteiger partial charge < -0.3 is 15.4 Å². The number of ether oxygens (including phenoxy) is 1. The Morgan fingerprint density at radius 3 is 3.00 bits per heavy atom. The van der Waals surface area contributed by atoms with E-state index in [0.717, 1.165) is 22.3 Å². The quantitative estimate of drug-likeness (QED) is 0.665. The van der Waals surface area contributed by atoms with Crippen molar-refractivity contribution in [2.24, 2.45) is 5.92 Å². The predicted octanol–water partition coefficient (Wildman–Crippen LogP) is 3.30. The van der Waals surface area contributed by atoms with E-state index in [1.54, 1.807) is 0 Å². The standard InChI is InChI=1S/C16H20N4O2S2/c1-2-22-13-6-4-3-5-12(13)18-15-19-20-16(24-15)23-10-14(21)17-9-11-7-8-11/h3-6,11H,2,7-10H2,1H3,(H,17,21)(H,18,19). The molecule has 0 atom stereocenters. The summed E-state index contributed by atoms with van der Waals surface area (Å²) in [5.74, 6) is 1.90. The molecule has 1 saturated carbocycles. The molecule has 1 heterocycles. The van der Waals surface area contributed by atoms with E-state index in [9.17, 15) is 4.79 Å². The highest BCUT2D eigenvalue weighted by Gasteiger charge is 2.21. The summed E-state index contributed by atoms with van der Waals surface area (Å²) in [5.41, 5.74) is 0.856. The number of nitrogens with one attached hydrogen (secondary N) is 2. The van der Waals surface area contributed by atoms with E-state index in [-0.39, 0.29) is 5.91 Å². The Hall–Kier alpha value is -1.80. The van der Waals surface area contributed by atoms with Gasteiger partial charge in [-0.1, -0.05) is 35.2 Å². The van der Waals surface area contributed by atoms with Crippen molar-refractivity contribution in [3.8, 4) is 5.75 Å². The lowest BCUT2D eigenvalue weighted by Crippen LogP contribution is -2.27. The molecule has 2 aromatic rings. The van der Waals surface area contributed by atoms with Crippen LogP contribution in [0.15, 0.2) is 28.6 Å². The maximum absolute atomic E-state index is 11.8. The number of carbonyl (C=O) groups excluding carboxylic acids is 1. The van der Waals surface area contributed by atoms with Crippen molar-refractivity contribution < 1.29 is 9.53 Å². The second-order valence-corrected chi connectivity index (χ2v) is 7.66. The van der Waals surface area contributed by atoms with Gasteiger partial charge in [0, 0.05) is 6.54 Å². The second kappa shape index (κ2) is 8.34. The fraction of sp³-hybridized carbons (Fsp3) is 0.438. The average Bonchev–Trinajstić information content (AvgIpc) is 3.32. The Labute approximate surface area is 149 Å². The Bertz CT molecular complexity index is 688. The first kappa shape index (κ1) is 17.0.